The van der Waals surface area contributed by atoms with Crippen LogP contribution in [0.5, 0.6) is 0 Å². The van der Waals surface area contributed by atoms with Gasteiger partial charge in [0.1, 0.15) is 0 Å². The SMILES string of the molecule is CNCCCNS(=O)(=O)c1c(C)cc([N+](=O)[O-])cc1C.Cl. The predicted octanol–water partition coefficient (Wildman–Crippen LogP) is 1.52. The number of non-ortho nitro benzene ring substituents is 1. The van der Waals surface area contributed by atoms with E-state index < -0.39 is 14.9 Å². The molecule has 0 heterocycles. The standard InChI is InChI=1S/C12H19N3O4S.ClH/c1-9-7-11(15(16)17)8-10(2)12(9)20(18,19)14-6-4-5-13-3;/h7-8,13-14H,4-6H2,1-3H3;1H. The first-order valence-electron chi connectivity index (χ1n) is 6.19. The molecule has 0 unspecified atom stereocenters. The maximum absolute atomic E-state index is 12.2. The molecule has 0 atom stereocenters. The zero-order chi connectivity index (χ0) is 15.3. The van der Waals surface area contributed by atoms with Gasteiger partial charge in [0.2, 0.25) is 10.0 Å². The summed E-state index contributed by atoms with van der Waals surface area (Å²) in [4.78, 5) is 10.3. The maximum Gasteiger partial charge on any atom is 0.270 e. The lowest BCUT2D eigenvalue weighted by Gasteiger charge is -2.12. The number of nitrogens with zero attached hydrogens (tertiary/aromatic N) is 1. The molecular formula is C12H20ClN3O4S. The van der Waals surface area contributed by atoms with Crippen molar-refractivity contribution in [1.82, 2.24) is 10.0 Å². The highest BCUT2D eigenvalue weighted by molar-refractivity contribution is 7.89. The monoisotopic (exact) mass is 337 g/mol. The van der Waals surface area contributed by atoms with Gasteiger partial charge in [-0.1, -0.05) is 0 Å². The second-order valence-electron chi connectivity index (χ2n) is 4.52. The van der Waals surface area contributed by atoms with E-state index in [9.17, 15) is 18.5 Å². The van der Waals surface area contributed by atoms with E-state index in [1.165, 1.54) is 12.1 Å². The van der Waals surface area contributed by atoms with Crippen molar-refractivity contribution in [2.75, 3.05) is 20.1 Å². The number of nitro groups is 1. The summed E-state index contributed by atoms with van der Waals surface area (Å²) >= 11 is 0. The van der Waals surface area contributed by atoms with Crippen LogP contribution in [-0.2, 0) is 10.0 Å². The van der Waals surface area contributed by atoms with Crippen molar-refractivity contribution in [2.24, 2.45) is 0 Å². The van der Waals surface area contributed by atoms with Gasteiger partial charge in [0, 0.05) is 18.7 Å². The predicted molar refractivity (Wildman–Crippen MR) is 83.6 cm³/mol. The third kappa shape index (κ3) is 5.24. The van der Waals surface area contributed by atoms with E-state index in [0.717, 1.165) is 0 Å². The highest BCUT2D eigenvalue weighted by atomic mass is 35.5. The van der Waals surface area contributed by atoms with Gasteiger partial charge < -0.3 is 5.32 Å². The number of nitrogens with one attached hydrogen (secondary N) is 2. The molecule has 9 heteroatoms. The molecule has 120 valence electrons. The van der Waals surface area contributed by atoms with E-state index in [4.69, 9.17) is 0 Å². The summed E-state index contributed by atoms with van der Waals surface area (Å²) in [6.07, 6.45) is 0.667. The number of benzene rings is 1. The van der Waals surface area contributed by atoms with Gasteiger partial charge >= 0.3 is 0 Å². The molecule has 0 aliphatic carbocycles. The molecule has 7 nitrogen and oxygen atoms in total. The third-order valence-electron chi connectivity index (χ3n) is 2.82. The van der Waals surface area contributed by atoms with Crippen LogP contribution < -0.4 is 10.0 Å². The van der Waals surface area contributed by atoms with Crippen molar-refractivity contribution in [2.45, 2.75) is 25.2 Å². The number of hydrogen-bond acceptors (Lipinski definition) is 5. The molecule has 1 rings (SSSR count). The number of sulfonamides is 1. The molecule has 0 aliphatic rings. The summed E-state index contributed by atoms with van der Waals surface area (Å²) in [5.41, 5.74) is 0.643. The van der Waals surface area contributed by atoms with Crippen molar-refractivity contribution in [3.05, 3.63) is 33.4 Å². The Morgan fingerprint density at radius 1 is 1.19 bits per heavy atom. The molecule has 1 aromatic rings. The van der Waals surface area contributed by atoms with E-state index in [1.54, 1.807) is 20.9 Å². The molecule has 0 amide bonds. The number of nitro benzene ring substituents is 1. The molecule has 0 saturated heterocycles. The normalized spacial score (nSPS) is 11.0. The van der Waals surface area contributed by atoms with Crippen LogP contribution >= 0.6 is 12.4 Å². The molecule has 0 radical (unpaired) electrons. The Hall–Kier alpha value is -1.22. The second-order valence-corrected chi connectivity index (χ2v) is 6.22. The highest BCUT2D eigenvalue weighted by Crippen LogP contribution is 2.25. The van der Waals surface area contributed by atoms with Gasteiger partial charge in [-0.05, 0) is 45.0 Å². The van der Waals surface area contributed by atoms with E-state index >= 15 is 0 Å². The van der Waals surface area contributed by atoms with Crippen LogP contribution in [0, 0.1) is 24.0 Å². The minimum Gasteiger partial charge on any atom is -0.320 e. The smallest absolute Gasteiger partial charge is 0.270 e. The molecular weight excluding hydrogens is 318 g/mol. The number of hydrogen-bond donors (Lipinski definition) is 2. The Morgan fingerprint density at radius 2 is 1.71 bits per heavy atom. The summed E-state index contributed by atoms with van der Waals surface area (Å²) in [7, 11) is -1.85. The minimum atomic E-state index is -3.64. The molecule has 0 aliphatic heterocycles. The summed E-state index contributed by atoms with van der Waals surface area (Å²) in [6.45, 7) is 4.14. The first-order chi connectivity index (χ1) is 9.29. The average molecular weight is 338 g/mol. The average Bonchev–Trinajstić information content (AvgIpc) is 2.33. The lowest BCUT2D eigenvalue weighted by atomic mass is 10.1. The Labute approximate surface area is 130 Å². The fourth-order valence-corrected chi connectivity index (χ4v) is 3.52. The van der Waals surface area contributed by atoms with Gasteiger partial charge in [0.05, 0.1) is 9.82 Å². The second kappa shape index (κ2) is 8.28. The van der Waals surface area contributed by atoms with Crippen LogP contribution in [0.3, 0.4) is 0 Å². The fraction of sp³-hybridized carbons (Fsp3) is 0.500. The van der Waals surface area contributed by atoms with Crippen LogP contribution in [0.2, 0.25) is 0 Å². The van der Waals surface area contributed by atoms with Gasteiger partial charge in [-0.15, -0.1) is 12.4 Å². The van der Waals surface area contributed by atoms with Crippen molar-refractivity contribution in [3.63, 3.8) is 0 Å². The lowest BCUT2D eigenvalue weighted by molar-refractivity contribution is -0.385. The summed E-state index contributed by atoms with van der Waals surface area (Å²) in [5.74, 6) is 0. The first-order valence-corrected chi connectivity index (χ1v) is 7.68. The highest BCUT2D eigenvalue weighted by Gasteiger charge is 2.22. The van der Waals surface area contributed by atoms with Crippen LogP contribution in [0.4, 0.5) is 5.69 Å². The van der Waals surface area contributed by atoms with Crippen LogP contribution in [-0.4, -0.2) is 33.5 Å². The molecule has 0 bridgehead atoms. The summed E-state index contributed by atoms with van der Waals surface area (Å²) < 4.78 is 26.9. The first kappa shape index (κ1) is 19.8. The third-order valence-corrected chi connectivity index (χ3v) is 4.59. The van der Waals surface area contributed by atoms with Crippen molar-refractivity contribution < 1.29 is 13.3 Å². The van der Waals surface area contributed by atoms with Crippen molar-refractivity contribution in [1.29, 1.82) is 0 Å². The summed E-state index contributed by atoms with van der Waals surface area (Å²) in [5, 5.41) is 13.7. The van der Waals surface area contributed by atoms with Gasteiger partial charge in [-0.2, -0.15) is 0 Å². The van der Waals surface area contributed by atoms with Gasteiger partial charge in [-0.25, -0.2) is 13.1 Å². The number of halogens is 1. The molecule has 21 heavy (non-hydrogen) atoms. The zero-order valence-corrected chi connectivity index (χ0v) is 13.8. The van der Waals surface area contributed by atoms with Crippen molar-refractivity contribution in [3.8, 4) is 0 Å². The minimum absolute atomic E-state index is 0. The van der Waals surface area contributed by atoms with E-state index in [0.29, 0.717) is 30.6 Å². The number of aryl methyl sites for hydroxylation is 2. The summed E-state index contributed by atoms with van der Waals surface area (Å²) in [6, 6.07) is 2.55. The Morgan fingerprint density at radius 3 is 2.14 bits per heavy atom. The molecule has 0 fully saturated rings. The lowest BCUT2D eigenvalue weighted by Crippen LogP contribution is -2.28. The van der Waals surface area contributed by atoms with Crippen LogP contribution in [0.1, 0.15) is 17.5 Å². The molecule has 0 spiro atoms. The van der Waals surface area contributed by atoms with E-state index in [-0.39, 0.29) is 23.0 Å². The largest absolute Gasteiger partial charge is 0.320 e. The Balaban J connectivity index is 0.00000400. The van der Waals surface area contributed by atoms with Gasteiger partial charge in [0.15, 0.2) is 0 Å². The van der Waals surface area contributed by atoms with Crippen LogP contribution in [0.15, 0.2) is 17.0 Å². The fourth-order valence-electron chi connectivity index (χ4n) is 2.00. The number of rotatable bonds is 7. The van der Waals surface area contributed by atoms with E-state index in [1.807, 2.05) is 0 Å². The van der Waals surface area contributed by atoms with E-state index in [2.05, 4.69) is 10.0 Å². The molecule has 2 N–H and O–H groups in total. The van der Waals surface area contributed by atoms with Crippen LogP contribution in [0.25, 0.3) is 0 Å². The topological polar surface area (TPSA) is 101 Å². The Bertz CT molecular complexity index is 582. The molecule has 0 aromatic heterocycles. The van der Waals surface area contributed by atoms with Gasteiger partial charge in [0.25, 0.3) is 5.69 Å². The van der Waals surface area contributed by atoms with Gasteiger partial charge in [-0.3, -0.25) is 10.1 Å². The quantitative estimate of drug-likeness (QED) is 0.446. The Kier molecular flexibility index (Phi) is 7.80. The zero-order valence-electron chi connectivity index (χ0n) is 12.2. The molecule has 1 aromatic carbocycles. The molecule has 0 saturated carbocycles. The van der Waals surface area contributed by atoms with Crippen molar-refractivity contribution >= 4 is 28.1 Å². The maximum atomic E-state index is 12.2.